The lowest BCUT2D eigenvalue weighted by atomic mass is 10.2. The highest BCUT2D eigenvalue weighted by atomic mass is 16.1. The maximum Gasteiger partial charge on any atom is 0.224 e. The molecule has 5 heteroatoms. The van der Waals surface area contributed by atoms with Gasteiger partial charge >= 0.3 is 0 Å². The number of benzene rings is 1. The molecule has 0 fully saturated rings. The van der Waals surface area contributed by atoms with E-state index < -0.39 is 0 Å². The van der Waals surface area contributed by atoms with Gasteiger partial charge < -0.3 is 15.2 Å². The first kappa shape index (κ1) is 15.1. The molecule has 112 valence electrons. The summed E-state index contributed by atoms with van der Waals surface area (Å²) in [6.45, 7) is 6.80. The van der Waals surface area contributed by atoms with E-state index in [1.165, 1.54) is 0 Å². The second-order valence-electron chi connectivity index (χ2n) is 5.22. The van der Waals surface area contributed by atoms with Crippen LogP contribution in [0.1, 0.15) is 38.9 Å². The fourth-order valence-corrected chi connectivity index (χ4v) is 2.08. The molecule has 2 rings (SSSR count). The maximum absolute atomic E-state index is 11.4. The Hall–Kier alpha value is -2.30. The largest absolute Gasteiger partial charge is 0.379 e. The highest BCUT2D eigenvalue weighted by molar-refractivity contribution is 5.90. The average Bonchev–Trinajstić information content (AvgIpc) is 2.94. The summed E-state index contributed by atoms with van der Waals surface area (Å²) in [4.78, 5) is 15.6. The standard InChI is InChI=1S/C16H22N4O/c1-4-16(21)19-14-7-5-6-13(8-14)18-10-15-9-17-11-20(15)12(2)3/h5-9,11-12,18H,4,10H2,1-3H3,(H,19,21). The van der Waals surface area contributed by atoms with Crippen LogP contribution in [-0.2, 0) is 11.3 Å². The van der Waals surface area contributed by atoms with Gasteiger partial charge in [-0.3, -0.25) is 4.79 Å². The molecule has 0 aliphatic heterocycles. The van der Waals surface area contributed by atoms with Crippen LogP contribution in [0.25, 0.3) is 0 Å². The number of imidazole rings is 1. The van der Waals surface area contributed by atoms with Crippen LogP contribution in [0.4, 0.5) is 11.4 Å². The summed E-state index contributed by atoms with van der Waals surface area (Å²) in [7, 11) is 0. The first-order valence-electron chi connectivity index (χ1n) is 7.24. The van der Waals surface area contributed by atoms with E-state index in [4.69, 9.17) is 0 Å². The highest BCUT2D eigenvalue weighted by Gasteiger charge is 2.05. The minimum atomic E-state index is 0.0186. The maximum atomic E-state index is 11.4. The Labute approximate surface area is 125 Å². The highest BCUT2D eigenvalue weighted by Crippen LogP contribution is 2.17. The number of nitrogens with one attached hydrogen (secondary N) is 2. The molecule has 2 N–H and O–H groups in total. The molecule has 5 nitrogen and oxygen atoms in total. The van der Waals surface area contributed by atoms with E-state index >= 15 is 0 Å². The number of nitrogens with zero attached hydrogens (tertiary/aromatic N) is 2. The fourth-order valence-electron chi connectivity index (χ4n) is 2.08. The summed E-state index contributed by atoms with van der Waals surface area (Å²) >= 11 is 0. The number of amides is 1. The van der Waals surface area contributed by atoms with Crippen molar-refractivity contribution < 1.29 is 4.79 Å². The summed E-state index contributed by atoms with van der Waals surface area (Å²) < 4.78 is 2.13. The van der Waals surface area contributed by atoms with Crippen molar-refractivity contribution in [2.45, 2.75) is 39.8 Å². The molecule has 0 unspecified atom stereocenters. The van der Waals surface area contributed by atoms with Gasteiger partial charge in [-0.15, -0.1) is 0 Å². The van der Waals surface area contributed by atoms with Crippen LogP contribution in [0.3, 0.4) is 0 Å². The molecule has 1 heterocycles. The van der Waals surface area contributed by atoms with Crippen LogP contribution in [0.15, 0.2) is 36.8 Å². The number of aromatic nitrogens is 2. The van der Waals surface area contributed by atoms with Crippen molar-refractivity contribution in [3.8, 4) is 0 Å². The predicted molar refractivity (Wildman–Crippen MR) is 85.3 cm³/mol. The summed E-state index contributed by atoms with van der Waals surface area (Å²) in [5.41, 5.74) is 2.91. The van der Waals surface area contributed by atoms with Gasteiger partial charge in [-0.05, 0) is 32.0 Å². The van der Waals surface area contributed by atoms with Gasteiger partial charge in [0.2, 0.25) is 5.91 Å². The number of rotatable bonds is 6. The smallest absolute Gasteiger partial charge is 0.224 e. The van der Waals surface area contributed by atoms with Gasteiger partial charge in [-0.2, -0.15) is 0 Å². The van der Waals surface area contributed by atoms with Crippen molar-refractivity contribution in [1.29, 1.82) is 0 Å². The lowest BCUT2D eigenvalue weighted by molar-refractivity contribution is -0.115. The van der Waals surface area contributed by atoms with E-state index in [9.17, 15) is 4.79 Å². The Balaban J connectivity index is 2.01. The Morgan fingerprint density at radius 3 is 2.81 bits per heavy atom. The number of carbonyl (C=O) groups excluding carboxylic acids is 1. The van der Waals surface area contributed by atoms with E-state index in [0.717, 1.165) is 17.1 Å². The molecule has 0 spiro atoms. The third-order valence-corrected chi connectivity index (χ3v) is 3.24. The lowest BCUT2D eigenvalue weighted by Gasteiger charge is -2.13. The van der Waals surface area contributed by atoms with E-state index in [1.54, 1.807) is 0 Å². The van der Waals surface area contributed by atoms with Crippen molar-refractivity contribution in [2.75, 3.05) is 10.6 Å². The molecular weight excluding hydrogens is 264 g/mol. The van der Waals surface area contributed by atoms with Crippen LogP contribution >= 0.6 is 0 Å². The zero-order chi connectivity index (χ0) is 15.2. The molecule has 0 aliphatic carbocycles. The van der Waals surface area contributed by atoms with Crippen LogP contribution in [0.2, 0.25) is 0 Å². The van der Waals surface area contributed by atoms with Gasteiger partial charge in [0, 0.05) is 30.0 Å². The molecule has 0 radical (unpaired) electrons. The SMILES string of the molecule is CCC(=O)Nc1cccc(NCc2cncn2C(C)C)c1. The zero-order valence-corrected chi connectivity index (χ0v) is 12.8. The molecule has 0 atom stereocenters. The van der Waals surface area contributed by atoms with Crippen molar-refractivity contribution in [3.63, 3.8) is 0 Å². The second-order valence-corrected chi connectivity index (χ2v) is 5.22. The summed E-state index contributed by atoms with van der Waals surface area (Å²) in [5.74, 6) is 0.0186. The molecule has 1 aromatic carbocycles. The number of carbonyl (C=O) groups is 1. The first-order valence-corrected chi connectivity index (χ1v) is 7.24. The fraction of sp³-hybridized carbons (Fsp3) is 0.375. The quantitative estimate of drug-likeness (QED) is 0.855. The van der Waals surface area contributed by atoms with E-state index in [-0.39, 0.29) is 5.91 Å². The second kappa shape index (κ2) is 6.92. The number of hydrogen-bond acceptors (Lipinski definition) is 3. The summed E-state index contributed by atoms with van der Waals surface area (Å²) in [6, 6.07) is 8.12. The molecule has 1 amide bonds. The van der Waals surface area contributed by atoms with Gasteiger partial charge in [0.15, 0.2) is 0 Å². The Bertz CT molecular complexity index is 604. The Morgan fingerprint density at radius 2 is 2.10 bits per heavy atom. The van der Waals surface area contributed by atoms with Crippen molar-refractivity contribution in [2.24, 2.45) is 0 Å². The predicted octanol–water partition coefficient (Wildman–Crippen LogP) is 3.42. The molecule has 0 saturated heterocycles. The number of hydrogen-bond donors (Lipinski definition) is 2. The lowest BCUT2D eigenvalue weighted by Crippen LogP contribution is -2.10. The van der Waals surface area contributed by atoms with Crippen molar-refractivity contribution in [1.82, 2.24) is 9.55 Å². The van der Waals surface area contributed by atoms with Gasteiger partial charge in [-0.25, -0.2) is 4.98 Å². The van der Waals surface area contributed by atoms with Crippen LogP contribution < -0.4 is 10.6 Å². The molecule has 1 aromatic heterocycles. The van der Waals surface area contributed by atoms with Crippen LogP contribution in [-0.4, -0.2) is 15.5 Å². The Kier molecular flexibility index (Phi) is 4.98. The molecule has 0 bridgehead atoms. The van der Waals surface area contributed by atoms with Crippen LogP contribution in [0.5, 0.6) is 0 Å². The minimum Gasteiger partial charge on any atom is -0.379 e. The van der Waals surface area contributed by atoms with Gasteiger partial charge in [-0.1, -0.05) is 13.0 Å². The third-order valence-electron chi connectivity index (χ3n) is 3.24. The van der Waals surface area contributed by atoms with Gasteiger partial charge in [0.25, 0.3) is 0 Å². The van der Waals surface area contributed by atoms with Crippen molar-refractivity contribution >= 4 is 17.3 Å². The van der Waals surface area contributed by atoms with Crippen molar-refractivity contribution in [3.05, 3.63) is 42.5 Å². The molecule has 2 aromatic rings. The van der Waals surface area contributed by atoms with Crippen LogP contribution in [0, 0.1) is 0 Å². The molecule has 0 saturated carbocycles. The number of anilines is 2. The summed E-state index contributed by atoms with van der Waals surface area (Å²) in [6.07, 6.45) is 4.19. The van der Waals surface area contributed by atoms with Gasteiger partial charge in [0.1, 0.15) is 0 Å². The normalized spacial score (nSPS) is 10.7. The Morgan fingerprint density at radius 1 is 1.33 bits per heavy atom. The summed E-state index contributed by atoms with van der Waals surface area (Å²) in [5, 5.41) is 6.22. The molecule has 0 aliphatic rings. The van der Waals surface area contributed by atoms with E-state index in [0.29, 0.717) is 19.0 Å². The third kappa shape index (κ3) is 4.08. The zero-order valence-electron chi connectivity index (χ0n) is 12.8. The average molecular weight is 286 g/mol. The van der Waals surface area contributed by atoms with E-state index in [1.807, 2.05) is 43.7 Å². The van der Waals surface area contributed by atoms with Gasteiger partial charge in [0.05, 0.1) is 18.6 Å². The minimum absolute atomic E-state index is 0.0186. The van der Waals surface area contributed by atoms with E-state index in [2.05, 4.69) is 34.0 Å². The topological polar surface area (TPSA) is 59.0 Å². The monoisotopic (exact) mass is 286 g/mol. The first-order chi connectivity index (χ1) is 10.1. The molecule has 21 heavy (non-hydrogen) atoms. The molecular formula is C16H22N4O.